The molecule has 22 heavy (non-hydrogen) atoms. The summed E-state index contributed by atoms with van der Waals surface area (Å²) >= 11 is 0. The predicted molar refractivity (Wildman–Crippen MR) is 79.9 cm³/mol. The Morgan fingerprint density at radius 2 is 2.05 bits per heavy atom. The van der Waals surface area contributed by atoms with E-state index in [1.807, 2.05) is 0 Å². The maximum absolute atomic E-state index is 13.7. The van der Waals surface area contributed by atoms with Gasteiger partial charge in [0.1, 0.15) is 11.6 Å². The molecule has 0 aromatic heterocycles. The third kappa shape index (κ3) is 2.28. The minimum absolute atomic E-state index is 0.00201. The van der Waals surface area contributed by atoms with Crippen LogP contribution in [-0.2, 0) is 4.79 Å². The first kappa shape index (κ1) is 14.1. The summed E-state index contributed by atoms with van der Waals surface area (Å²) in [6.45, 7) is 1.28. The first-order valence-corrected chi connectivity index (χ1v) is 6.63. The van der Waals surface area contributed by atoms with E-state index in [0.717, 1.165) is 0 Å². The van der Waals surface area contributed by atoms with Crippen molar-refractivity contribution in [3.8, 4) is 5.75 Å². The van der Waals surface area contributed by atoms with Crippen LogP contribution < -0.4 is 15.4 Å². The molecule has 0 aliphatic carbocycles. The van der Waals surface area contributed by atoms with Gasteiger partial charge in [0.05, 0.1) is 17.1 Å². The minimum atomic E-state index is -0.610. The van der Waals surface area contributed by atoms with Gasteiger partial charge in [-0.25, -0.2) is 4.39 Å². The number of nitrogen functional groups attached to an aromatic ring is 1. The van der Waals surface area contributed by atoms with Crippen molar-refractivity contribution in [2.24, 2.45) is 0 Å². The lowest BCUT2D eigenvalue weighted by atomic mass is 10.1. The number of nitrogens with two attached hydrogens (primary N) is 1. The zero-order valence-corrected chi connectivity index (χ0v) is 11.8. The van der Waals surface area contributed by atoms with Gasteiger partial charge in [0.25, 0.3) is 5.91 Å². The Balaban J connectivity index is 2.15. The van der Waals surface area contributed by atoms with Crippen molar-refractivity contribution in [3.05, 3.63) is 47.8 Å². The standard InChI is InChI=1S/C16H13FN2O3/c1-9(20)10-2-5-15-14(6-10)19(16(21)8-22-15)11-3-4-13(18)12(17)7-11/h2-7H,8,18H2,1H3. The van der Waals surface area contributed by atoms with Gasteiger partial charge < -0.3 is 10.5 Å². The molecule has 0 spiro atoms. The van der Waals surface area contributed by atoms with E-state index in [1.54, 1.807) is 24.3 Å². The molecule has 1 aliphatic rings. The topological polar surface area (TPSA) is 72.6 Å². The predicted octanol–water partition coefficient (Wildman–Crippen LogP) is 2.67. The van der Waals surface area contributed by atoms with Crippen molar-refractivity contribution in [2.45, 2.75) is 6.92 Å². The molecule has 5 nitrogen and oxygen atoms in total. The van der Waals surface area contributed by atoms with Gasteiger partial charge in [-0.05, 0) is 37.3 Å². The van der Waals surface area contributed by atoms with Crippen LogP contribution in [0.15, 0.2) is 36.4 Å². The number of anilines is 3. The van der Waals surface area contributed by atoms with Crippen LogP contribution in [0.25, 0.3) is 0 Å². The van der Waals surface area contributed by atoms with Crippen molar-refractivity contribution in [2.75, 3.05) is 17.2 Å². The molecular weight excluding hydrogens is 287 g/mol. The van der Waals surface area contributed by atoms with Gasteiger partial charge in [-0.15, -0.1) is 0 Å². The molecule has 1 aliphatic heterocycles. The fraction of sp³-hybridized carbons (Fsp3) is 0.125. The van der Waals surface area contributed by atoms with E-state index < -0.39 is 5.82 Å². The van der Waals surface area contributed by atoms with Gasteiger partial charge in [-0.1, -0.05) is 0 Å². The number of carbonyl (C=O) groups excluding carboxylic acids is 2. The fourth-order valence-electron chi connectivity index (χ4n) is 2.31. The van der Waals surface area contributed by atoms with E-state index in [9.17, 15) is 14.0 Å². The van der Waals surface area contributed by atoms with Gasteiger partial charge in [0.2, 0.25) is 0 Å². The molecule has 6 heteroatoms. The number of hydrogen-bond donors (Lipinski definition) is 1. The number of rotatable bonds is 2. The maximum Gasteiger partial charge on any atom is 0.269 e. The second kappa shape index (κ2) is 5.14. The average molecular weight is 300 g/mol. The summed E-state index contributed by atoms with van der Waals surface area (Å²) in [5.74, 6) is -0.635. The van der Waals surface area contributed by atoms with Crippen molar-refractivity contribution >= 4 is 28.8 Å². The number of nitrogens with zero attached hydrogens (tertiary/aromatic N) is 1. The van der Waals surface area contributed by atoms with E-state index >= 15 is 0 Å². The van der Waals surface area contributed by atoms with Gasteiger partial charge in [0, 0.05) is 11.6 Å². The second-order valence-electron chi connectivity index (χ2n) is 4.96. The SMILES string of the molecule is CC(=O)c1ccc2c(c1)N(c1ccc(N)c(F)c1)C(=O)CO2. The summed E-state index contributed by atoms with van der Waals surface area (Å²) in [6.07, 6.45) is 0. The zero-order valence-electron chi connectivity index (χ0n) is 11.8. The third-order valence-electron chi connectivity index (χ3n) is 3.45. The largest absolute Gasteiger partial charge is 0.482 e. The number of carbonyl (C=O) groups is 2. The van der Waals surface area contributed by atoms with Crippen molar-refractivity contribution in [3.63, 3.8) is 0 Å². The van der Waals surface area contributed by atoms with Crippen molar-refractivity contribution in [1.29, 1.82) is 0 Å². The highest BCUT2D eigenvalue weighted by atomic mass is 19.1. The first-order chi connectivity index (χ1) is 10.5. The highest BCUT2D eigenvalue weighted by Crippen LogP contribution is 2.38. The lowest BCUT2D eigenvalue weighted by Gasteiger charge is -2.29. The van der Waals surface area contributed by atoms with E-state index in [1.165, 1.54) is 24.0 Å². The maximum atomic E-state index is 13.7. The fourth-order valence-corrected chi connectivity index (χ4v) is 2.31. The van der Waals surface area contributed by atoms with Gasteiger partial charge in [-0.2, -0.15) is 0 Å². The molecule has 112 valence electrons. The molecule has 1 heterocycles. The Bertz CT molecular complexity index is 789. The molecule has 0 saturated heterocycles. The zero-order chi connectivity index (χ0) is 15.9. The number of hydrogen-bond acceptors (Lipinski definition) is 4. The number of benzene rings is 2. The molecule has 2 aromatic rings. The van der Waals surface area contributed by atoms with Crippen LogP contribution in [0.5, 0.6) is 5.75 Å². The molecular formula is C16H13FN2O3. The summed E-state index contributed by atoms with van der Waals surface area (Å²) in [6, 6.07) is 8.93. The van der Waals surface area contributed by atoms with E-state index in [2.05, 4.69) is 0 Å². The number of Topliss-reactive ketones (excluding diaryl/α,β-unsaturated/α-hetero) is 1. The number of ether oxygens (including phenoxy) is 1. The van der Waals surface area contributed by atoms with Crippen LogP contribution in [-0.4, -0.2) is 18.3 Å². The summed E-state index contributed by atoms with van der Waals surface area (Å²) in [4.78, 5) is 25.1. The number of ketones is 1. The van der Waals surface area contributed by atoms with Crippen LogP contribution in [0, 0.1) is 5.82 Å². The first-order valence-electron chi connectivity index (χ1n) is 6.63. The van der Waals surface area contributed by atoms with Crippen LogP contribution in [0.3, 0.4) is 0 Å². The third-order valence-corrected chi connectivity index (χ3v) is 3.45. The van der Waals surface area contributed by atoms with Gasteiger partial charge in [0.15, 0.2) is 12.4 Å². The van der Waals surface area contributed by atoms with Crippen LogP contribution in [0.1, 0.15) is 17.3 Å². The molecule has 0 atom stereocenters. The summed E-state index contributed by atoms with van der Waals surface area (Å²) < 4.78 is 19.1. The molecule has 2 N–H and O–H groups in total. The molecule has 2 aromatic carbocycles. The number of amides is 1. The molecule has 1 amide bonds. The van der Waals surface area contributed by atoms with Crippen LogP contribution in [0.4, 0.5) is 21.5 Å². The molecule has 0 saturated carbocycles. The molecule has 3 rings (SSSR count). The normalized spacial score (nSPS) is 13.5. The van der Waals surface area contributed by atoms with Crippen molar-refractivity contribution in [1.82, 2.24) is 0 Å². The summed E-state index contributed by atoms with van der Waals surface area (Å²) in [5, 5.41) is 0. The Morgan fingerprint density at radius 3 is 2.73 bits per heavy atom. The Labute approximate surface area is 126 Å². The van der Waals surface area contributed by atoms with Crippen LogP contribution in [0.2, 0.25) is 0 Å². The quantitative estimate of drug-likeness (QED) is 0.683. The Hall–Kier alpha value is -2.89. The molecule has 0 bridgehead atoms. The summed E-state index contributed by atoms with van der Waals surface area (Å²) in [7, 11) is 0. The van der Waals surface area contributed by atoms with Crippen molar-refractivity contribution < 1.29 is 18.7 Å². The number of halogens is 1. The van der Waals surface area contributed by atoms with E-state index in [4.69, 9.17) is 10.5 Å². The van der Waals surface area contributed by atoms with E-state index in [-0.39, 0.29) is 24.0 Å². The Morgan fingerprint density at radius 1 is 1.27 bits per heavy atom. The summed E-state index contributed by atoms with van der Waals surface area (Å²) in [5.41, 5.74) is 6.65. The van der Waals surface area contributed by atoms with Gasteiger partial charge in [-0.3, -0.25) is 14.5 Å². The Kier molecular flexibility index (Phi) is 3.29. The number of fused-ring (bicyclic) bond motifs is 1. The highest BCUT2D eigenvalue weighted by Gasteiger charge is 2.28. The van der Waals surface area contributed by atoms with Gasteiger partial charge >= 0.3 is 0 Å². The van der Waals surface area contributed by atoms with E-state index in [0.29, 0.717) is 22.7 Å². The van der Waals surface area contributed by atoms with Crippen LogP contribution >= 0.6 is 0 Å². The minimum Gasteiger partial charge on any atom is -0.482 e. The highest BCUT2D eigenvalue weighted by molar-refractivity contribution is 6.06. The second-order valence-corrected chi connectivity index (χ2v) is 4.96. The lowest BCUT2D eigenvalue weighted by Crippen LogP contribution is -2.35. The average Bonchev–Trinajstić information content (AvgIpc) is 2.49. The molecule has 0 radical (unpaired) electrons. The lowest BCUT2D eigenvalue weighted by molar-refractivity contribution is -0.120. The smallest absolute Gasteiger partial charge is 0.269 e. The monoisotopic (exact) mass is 300 g/mol. The molecule has 0 fully saturated rings. The molecule has 0 unspecified atom stereocenters.